The number of rotatable bonds is 6. The monoisotopic (exact) mass is 475 g/mol. The van der Waals surface area contributed by atoms with Gasteiger partial charge < -0.3 is 19.5 Å². The summed E-state index contributed by atoms with van der Waals surface area (Å²) in [6.07, 6.45) is 2.15. The highest BCUT2D eigenvalue weighted by molar-refractivity contribution is 5.91. The number of carbonyl (C=O) groups is 1. The van der Waals surface area contributed by atoms with Gasteiger partial charge in [-0.25, -0.2) is 9.18 Å². The van der Waals surface area contributed by atoms with Crippen LogP contribution in [0.1, 0.15) is 47.8 Å². The van der Waals surface area contributed by atoms with Crippen molar-refractivity contribution in [3.8, 4) is 22.6 Å². The van der Waals surface area contributed by atoms with Gasteiger partial charge in [-0.2, -0.15) is 0 Å². The molecule has 0 unspecified atom stereocenters. The van der Waals surface area contributed by atoms with Gasteiger partial charge in [0.2, 0.25) is 0 Å². The molecule has 3 aromatic rings. The number of anilines is 1. The van der Waals surface area contributed by atoms with E-state index in [9.17, 15) is 9.18 Å². The summed E-state index contributed by atoms with van der Waals surface area (Å²) in [5.74, 6) is 0.301. The normalized spacial score (nSPS) is 13.9. The lowest BCUT2D eigenvalue weighted by Gasteiger charge is -2.33. The van der Waals surface area contributed by atoms with Crippen LogP contribution < -0.4 is 14.8 Å². The van der Waals surface area contributed by atoms with Crippen LogP contribution in [-0.2, 0) is 11.3 Å². The van der Waals surface area contributed by atoms with Crippen LogP contribution in [0.4, 0.5) is 10.1 Å². The third-order valence-electron chi connectivity index (χ3n) is 6.17. The van der Waals surface area contributed by atoms with Crippen molar-refractivity contribution in [2.45, 2.75) is 39.8 Å². The standard InChI is InChI=1S/C29H30FNO4/c1-17-13-19(7-12-25(17)33-5)28(32)35-16-23-21(22-9-8-20(30)14-26(22)34-6)10-11-24-27(23)18(2)15-29(3,4)31-24/h7-15,31H,16H2,1-6H3. The molecule has 0 spiro atoms. The van der Waals surface area contributed by atoms with Gasteiger partial charge in [0.05, 0.1) is 25.3 Å². The van der Waals surface area contributed by atoms with Crippen molar-refractivity contribution in [2.75, 3.05) is 19.5 Å². The number of hydrogen-bond acceptors (Lipinski definition) is 5. The Balaban J connectivity index is 1.78. The van der Waals surface area contributed by atoms with Crippen LogP contribution in [-0.4, -0.2) is 25.7 Å². The first-order chi connectivity index (χ1) is 16.6. The molecular formula is C29H30FNO4. The molecule has 1 N–H and O–H groups in total. The predicted molar refractivity (Wildman–Crippen MR) is 137 cm³/mol. The number of nitrogens with one attached hydrogen (secondary N) is 1. The van der Waals surface area contributed by atoms with Gasteiger partial charge in [-0.05, 0) is 80.8 Å². The highest BCUT2D eigenvalue weighted by Gasteiger charge is 2.27. The van der Waals surface area contributed by atoms with Gasteiger partial charge in [-0.1, -0.05) is 12.1 Å². The number of halogens is 1. The Morgan fingerprint density at radius 2 is 1.66 bits per heavy atom. The molecule has 0 radical (unpaired) electrons. The molecule has 1 heterocycles. The van der Waals surface area contributed by atoms with Crippen LogP contribution in [0.3, 0.4) is 0 Å². The quantitative estimate of drug-likeness (QED) is 0.398. The molecule has 0 aliphatic carbocycles. The van der Waals surface area contributed by atoms with Crippen molar-refractivity contribution in [1.82, 2.24) is 0 Å². The Morgan fingerprint density at radius 3 is 2.34 bits per heavy atom. The van der Waals surface area contributed by atoms with Gasteiger partial charge in [-0.3, -0.25) is 0 Å². The highest BCUT2D eigenvalue weighted by Crippen LogP contribution is 2.42. The molecule has 0 bridgehead atoms. The summed E-state index contributed by atoms with van der Waals surface area (Å²) in [5.41, 5.74) is 6.41. The molecule has 0 saturated carbocycles. The fraction of sp³-hybridized carbons (Fsp3) is 0.276. The van der Waals surface area contributed by atoms with Gasteiger partial charge in [0.1, 0.15) is 23.9 Å². The Labute approximate surface area is 205 Å². The first-order valence-electron chi connectivity index (χ1n) is 11.4. The molecule has 182 valence electrons. The van der Waals surface area contributed by atoms with E-state index < -0.39 is 5.97 Å². The van der Waals surface area contributed by atoms with E-state index in [0.717, 1.165) is 39.1 Å². The SMILES string of the molecule is COc1ccc(C(=O)OCc2c(-c3ccc(F)cc3OC)ccc3c2C(C)=CC(C)(C)N3)cc1C. The minimum atomic E-state index is -0.434. The van der Waals surface area contributed by atoms with E-state index in [1.165, 1.54) is 19.2 Å². The molecule has 3 aromatic carbocycles. The van der Waals surface area contributed by atoms with E-state index >= 15 is 0 Å². The number of hydrogen-bond donors (Lipinski definition) is 1. The van der Waals surface area contributed by atoms with Crippen LogP contribution >= 0.6 is 0 Å². The van der Waals surface area contributed by atoms with Crippen LogP contribution in [0.5, 0.6) is 11.5 Å². The summed E-state index contributed by atoms with van der Waals surface area (Å²) in [4.78, 5) is 13.0. The van der Waals surface area contributed by atoms with Gasteiger partial charge in [0.25, 0.3) is 0 Å². The largest absolute Gasteiger partial charge is 0.496 e. The lowest BCUT2D eigenvalue weighted by Crippen LogP contribution is -2.32. The highest BCUT2D eigenvalue weighted by atomic mass is 19.1. The third kappa shape index (κ3) is 4.87. The number of ether oxygens (including phenoxy) is 3. The molecule has 4 rings (SSSR count). The molecule has 0 fully saturated rings. The smallest absolute Gasteiger partial charge is 0.338 e. The summed E-state index contributed by atoms with van der Waals surface area (Å²) in [5, 5.41) is 3.54. The van der Waals surface area contributed by atoms with Crippen molar-refractivity contribution in [3.05, 3.63) is 82.7 Å². The van der Waals surface area contributed by atoms with Crippen LogP contribution in [0.15, 0.2) is 54.6 Å². The molecule has 5 nitrogen and oxygen atoms in total. The maximum absolute atomic E-state index is 13.9. The van der Waals surface area contributed by atoms with Crippen LogP contribution in [0.25, 0.3) is 16.7 Å². The number of fused-ring (bicyclic) bond motifs is 1. The van der Waals surface area contributed by atoms with Crippen LogP contribution in [0, 0.1) is 12.7 Å². The van der Waals surface area contributed by atoms with E-state index in [1.54, 1.807) is 31.4 Å². The average molecular weight is 476 g/mol. The Morgan fingerprint density at radius 1 is 0.943 bits per heavy atom. The summed E-state index contributed by atoms with van der Waals surface area (Å²) in [7, 11) is 3.10. The van der Waals surface area contributed by atoms with Gasteiger partial charge in [0.15, 0.2) is 0 Å². The van der Waals surface area contributed by atoms with E-state index in [1.807, 2.05) is 26.0 Å². The van der Waals surface area contributed by atoms with E-state index in [0.29, 0.717) is 17.1 Å². The number of carbonyl (C=O) groups excluding carboxylic acids is 1. The molecule has 1 aliphatic rings. The fourth-order valence-corrected chi connectivity index (χ4v) is 4.72. The van der Waals surface area contributed by atoms with E-state index in [-0.39, 0.29) is 18.0 Å². The molecule has 1 aliphatic heterocycles. The number of aryl methyl sites for hydroxylation is 1. The zero-order valence-electron chi connectivity index (χ0n) is 20.9. The zero-order chi connectivity index (χ0) is 25.3. The van der Waals surface area contributed by atoms with E-state index in [2.05, 4.69) is 25.2 Å². The molecule has 0 amide bonds. The second-order valence-electron chi connectivity index (χ2n) is 9.29. The van der Waals surface area contributed by atoms with Crippen molar-refractivity contribution in [1.29, 1.82) is 0 Å². The van der Waals surface area contributed by atoms with E-state index in [4.69, 9.17) is 14.2 Å². The molecule has 6 heteroatoms. The van der Waals surface area contributed by atoms with Crippen molar-refractivity contribution in [3.63, 3.8) is 0 Å². The lowest BCUT2D eigenvalue weighted by atomic mass is 9.85. The molecule has 0 aromatic heterocycles. The third-order valence-corrected chi connectivity index (χ3v) is 6.17. The van der Waals surface area contributed by atoms with Crippen LogP contribution in [0.2, 0.25) is 0 Å². The second-order valence-corrected chi connectivity index (χ2v) is 9.29. The second kappa shape index (κ2) is 9.45. The average Bonchev–Trinajstić information content (AvgIpc) is 2.81. The number of allylic oxidation sites excluding steroid dienone is 1. The number of benzene rings is 3. The minimum absolute atomic E-state index is 0.0379. The van der Waals surface area contributed by atoms with Crippen molar-refractivity contribution in [2.24, 2.45) is 0 Å². The summed E-state index contributed by atoms with van der Waals surface area (Å²) in [6, 6.07) is 13.6. The summed E-state index contributed by atoms with van der Waals surface area (Å²) < 4.78 is 30.5. The number of esters is 1. The van der Waals surface area contributed by atoms with Gasteiger partial charge in [0, 0.05) is 28.4 Å². The minimum Gasteiger partial charge on any atom is -0.496 e. The first-order valence-corrected chi connectivity index (χ1v) is 11.4. The molecule has 35 heavy (non-hydrogen) atoms. The maximum Gasteiger partial charge on any atom is 0.338 e. The predicted octanol–water partition coefficient (Wildman–Crippen LogP) is 6.78. The Hall–Kier alpha value is -3.80. The fourth-order valence-electron chi connectivity index (χ4n) is 4.72. The summed E-state index contributed by atoms with van der Waals surface area (Å²) >= 11 is 0. The maximum atomic E-state index is 13.9. The van der Waals surface area contributed by atoms with Gasteiger partial charge >= 0.3 is 5.97 Å². The van der Waals surface area contributed by atoms with Gasteiger partial charge in [-0.15, -0.1) is 0 Å². The molecule has 0 saturated heterocycles. The Bertz CT molecular complexity index is 1330. The van der Waals surface area contributed by atoms with Crippen molar-refractivity contribution >= 4 is 17.2 Å². The summed E-state index contributed by atoms with van der Waals surface area (Å²) in [6.45, 7) is 8.16. The lowest BCUT2D eigenvalue weighted by molar-refractivity contribution is 0.0473. The zero-order valence-corrected chi connectivity index (χ0v) is 20.9. The molecular weight excluding hydrogens is 445 g/mol. The first kappa shape index (κ1) is 24.3. The van der Waals surface area contributed by atoms with Crippen molar-refractivity contribution < 1.29 is 23.4 Å². The molecule has 0 atom stereocenters. The topological polar surface area (TPSA) is 56.8 Å². The Kier molecular flexibility index (Phi) is 6.57. The number of methoxy groups -OCH3 is 2.